The lowest BCUT2D eigenvalue weighted by Crippen LogP contribution is -2.11. The minimum Gasteiger partial charge on any atom is -0.199 e. The molecule has 0 unspecified atom stereocenters. The van der Waals surface area contributed by atoms with E-state index in [1.807, 2.05) is 0 Å². The van der Waals surface area contributed by atoms with Crippen molar-refractivity contribution in [3.8, 4) is 0 Å². The van der Waals surface area contributed by atoms with Gasteiger partial charge < -0.3 is 0 Å². The van der Waals surface area contributed by atoms with Gasteiger partial charge in [0, 0.05) is 0 Å². The van der Waals surface area contributed by atoms with E-state index in [0.717, 1.165) is 0 Å². The van der Waals surface area contributed by atoms with E-state index in [1.54, 1.807) is 0 Å². The number of halogens is 6. The Kier molecular flexibility index (Phi) is 2.89. The quantitative estimate of drug-likeness (QED) is 0.566. The van der Waals surface area contributed by atoms with Crippen LogP contribution < -0.4 is 0 Å². The molecule has 0 bridgehead atoms. The summed E-state index contributed by atoms with van der Waals surface area (Å²) in [5.41, 5.74) is 0. The van der Waals surface area contributed by atoms with Gasteiger partial charge in [0.15, 0.2) is 5.02 Å². The SMILES string of the molecule is Fc1nc(C(F)(Cl)Cl)nc(F)c1Cl. The van der Waals surface area contributed by atoms with Crippen molar-refractivity contribution in [2.24, 2.45) is 0 Å². The Morgan fingerprint density at radius 3 is 1.77 bits per heavy atom. The van der Waals surface area contributed by atoms with Gasteiger partial charge in [-0.1, -0.05) is 34.8 Å². The molecule has 0 fully saturated rings. The number of hydrogen-bond donors (Lipinski definition) is 0. The summed E-state index contributed by atoms with van der Waals surface area (Å²) in [6.45, 7) is 0. The van der Waals surface area contributed by atoms with Crippen LogP contribution in [-0.2, 0) is 4.59 Å². The predicted octanol–water partition coefficient (Wildman–Crippen LogP) is 2.97. The standard InChI is InChI=1S/C5Cl3F3N2/c6-1-2(9)12-4(5(7,8)11)13-3(1)10. The highest BCUT2D eigenvalue weighted by atomic mass is 35.5. The highest BCUT2D eigenvalue weighted by molar-refractivity contribution is 6.46. The van der Waals surface area contributed by atoms with Crippen LogP contribution in [0.25, 0.3) is 0 Å². The Balaban J connectivity index is 3.29. The van der Waals surface area contributed by atoms with Gasteiger partial charge in [0.05, 0.1) is 0 Å². The first-order chi connectivity index (χ1) is 5.82. The van der Waals surface area contributed by atoms with Crippen molar-refractivity contribution < 1.29 is 13.2 Å². The average molecular weight is 251 g/mol. The van der Waals surface area contributed by atoms with E-state index in [4.69, 9.17) is 34.8 Å². The molecule has 0 N–H and O–H groups in total. The van der Waals surface area contributed by atoms with Gasteiger partial charge in [-0.05, 0) is 0 Å². The van der Waals surface area contributed by atoms with Crippen molar-refractivity contribution in [1.82, 2.24) is 9.97 Å². The van der Waals surface area contributed by atoms with Crippen molar-refractivity contribution in [3.05, 3.63) is 22.7 Å². The molecule has 2 nitrogen and oxygen atoms in total. The van der Waals surface area contributed by atoms with Gasteiger partial charge in [0.2, 0.25) is 17.7 Å². The Morgan fingerprint density at radius 1 is 1.08 bits per heavy atom. The molecule has 72 valence electrons. The lowest BCUT2D eigenvalue weighted by Gasteiger charge is -2.07. The van der Waals surface area contributed by atoms with Gasteiger partial charge in [-0.15, -0.1) is 0 Å². The van der Waals surface area contributed by atoms with E-state index in [1.165, 1.54) is 0 Å². The largest absolute Gasteiger partial charge is 0.317 e. The zero-order valence-corrected chi connectivity index (χ0v) is 7.93. The molecule has 1 rings (SSSR count). The van der Waals surface area contributed by atoms with E-state index < -0.39 is 27.3 Å². The van der Waals surface area contributed by atoms with Crippen LogP contribution in [0, 0.1) is 11.9 Å². The number of hydrogen-bond acceptors (Lipinski definition) is 2. The molecule has 1 heterocycles. The molecule has 0 saturated carbocycles. The first-order valence-corrected chi connectivity index (χ1v) is 3.91. The summed E-state index contributed by atoms with van der Waals surface area (Å²) in [6.07, 6.45) is 0. The normalized spacial score (nSPS) is 11.8. The van der Waals surface area contributed by atoms with Crippen LogP contribution in [0.2, 0.25) is 5.02 Å². The molecule has 0 aliphatic carbocycles. The Morgan fingerprint density at radius 2 is 1.46 bits per heavy atom. The van der Waals surface area contributed by atoms with E-state index in [9.17, 15) is 13.2 Å². The first-order valence-electron chi connectivity index (χ1n) is 2.78. The maximum Gasteiger partial charge on any atom is 0.317 e. The van der Waals surface area contributed by atoms with E-state index in [0.29, 0.717) is 0 Å². The second kappa shape index (κ2) is 3.48. The number of nitrogens with zero attached hydrogens (tertiary/aromatic N) is 2. The third kappa shape index (κ3) is 2.36. The maximum absolute atomic E-state index is 12.6. The fraction of sp³-hybridized carbons (Fsp3) is 0.200. The van der Waals surface area contributed by atoms with Crippen LogP contribution in [0.5, 0.6) is 0 Å². The summed E-state index contributed by atoms with van der Waals surface area (Å²) < 4.78 is 34.7. The third-order valence-electron chi connectivity index (χ3n) is 1.02. The Bertz CT molecular complexity index is 315. The zero-order valence-electron chi connectivity index (χ0n) is 5.66. The third-order valence-corrected chi connectivity index (χ3v) is 1.67. The first kappa shape index (κ1) is 10.8. The molecule has 0 spiro atoms. The van der Waals surface area contributed by atoms with Crippen molar-refractivity contribution in [2.75, 3.05) is 0 Å². The molecular formula is C5Cl3F3N2. The van der Waals surface area contributed by atoms with Crippen LogP contribution in [0.4, 0.5) is 13.2 Å². The highest BCUT2D eigenvalue weighted by Crippen LogP contribution is 2.33. The van der Waals surface area contributed by atoms with E-state index in [-0.39, 0.29) is 0 Å². The summed E-state index contributed by atoms with van der Waals surface area (Å²) in [5.74, 6) is -3.88. The Hall–Kier alpha value is -0.260. The van der Waals surface area contributed by atoms with Gasteiger partial charge in [-0.2, -0.15) is 23.1 Å². The Labute approximate surface area is 85.6 Å². The molecular weight excluding hydrogens is 251 g/mol. The summed E-state index contributed by atoms with van der Waals surface area (Å²) in [6, 6.07) is 0. The highest BCUT2D eigenvalue weighted by Gasteiger charge is 2.31. The number of alkyl halides is 3. The fourth-order valence-electron chi connectivity index (χ4n) is 0.521. The van der Waals surface area contributed by atoms with Crippen LogP contribution in [-0.4, -0.2) is 9.97 Å². The second-order valence-electron chi connectivity index (χ2n) is 1.94. The van der Waals surface area contributed by atoms with Crippen LogP contribution in [0.15, 0.2) is 0 Å². The molecule has 1 aromatic rings. The van der Waals surface area contributed by atoms with Crippen molar-refractivity contribution in [3.63, 3.8) is 0 Å². The van der Waals surface area contributed by atoms with Crippen LogP contribution in [0.3, 0.4) is 0 Å². The summed E-state index contributed by atoms with van der Waals surface area (Å²) in [4.78, 5) is 5.63. The average Bonchev–Trinajstić information content (AvgIpc) is 1.97. The zero-order chi connectivity index (χ0) is 10.2. The lowest BCUT2D eigenvalue weighted by atomic mass is 10.5. The van der Waals surface area contributed by atoms with Crippen molar-refractivity contribution in [2.45, 2.75) is 4.59 Å². The summed E-state index contributed by atoms with van der Waals surface area (Å²) in [7, 11) is 0. The van der Waals surface area contributed by atoms with Gasteiger partial charge in [-0.25, -0.2) is 0 Å². The molecule has 0 saturated heterocycles. The fourth-order valence-corrected chi connectivity index (χ4v) is 0.775. The van der Waals surface area contributed by atoms with E-state index in [2.05, 4.69) is 9.97 Å². The molecule has 0 amide bonds. The minimum atomic E-state index is -3.05. The van der Waals surface area contributed by atoms with Crippen molar-refractivity contribution >= 4 is 34.8 Å². The second-order valence-corrected chi connectivity index (χ2v) is 3.55. The van der Waals surface area contributed by atoms with Crippen LogP contribution >= 0.6 is 34.8 Å². The molecule has 0 atom stereocenters. The number of aromatic nitrogens is 2. The molecule has 0 radical (unpaired) electrons. The molecule has 0 aromatic carbocycles. The van der Waals surface area contributed by atoms with Gasteiger partial charge in [0.1, 0.15) is 0 Å². The van der Waals surface area contributed by atoms with Gasteiger partial charge >= 0.3 is 4.59 Å². The lowest BCUT2D eigenvalue weighted by molar-refractivity contribution is 0.370. The summed E-state index contributed by atoms with van der Waals surface area (Å²) in [5, 5.41) is -0.943. The smallest absolute Gasteiger partial charge is 0.199 e. The van der Waals surface area contributed by atoms with Crippen molar-refractivity contribution in [1.29, 1.82) is 0 Å². The topological polar surface area (TPSA) is 25.8 Å². The van der Waals surface area contributed by atoms with E-state index >= 15 is 0 Å². The summed E-state index contributed by atoms with van der Waals surface area (Å²) >= 11 is 14.7. The molecule has 8 heteroatoms. The van der Waals surface area contributed by atoms with Crippen LogP contribution in [0.1, 0.15) is 5.82 Å². The molecule has 13 heavy (non-hydrogen) atoms. The monoisotopic (exact) mass is 250 g/mol. The van der Waals surface area contributed by atoms with Gasteiger partial charge in [-0.3, -0.25) is 0 Å². The minimum absolute atomic E-state index is 0.943. The molecule has 0 aliphatic heterocycles. The van der Waals surface area contributed by atoms with Gasteiger partial charge in [0.25, 0.3) is 0 Å². The molecule has 0 aliphatic rings. The molecule has 1 aromatic heterocycles. The maximum atomic E-state index is 12.6. The number of rotatable bonds is 1. The predicted molar refractivity (Wildman–Crippen MR) is 41.5 cm³/mol.